The molecule has 0 aromatic heterocycles. The molecular weight excluding hydrogens is 340 g/mol. The van der Waals surface area contributed by atoms with E-state index in [2.05, 4.69) is 0 Å². The van der Waals surface area contributed by atoms with E-state index in [1.807, 2.05) is 0 Å². The molecule has 0 amide bonds. The van der Waals surface area contributed by atoms with Gasteiger partial charge >= 0.3 is 0 Å². The van der Waals surface area contributed by atoms with Gasteiger partial charge in [-0.1, -0.05) is 38.1 Å². The van der Waals surface area contributed by atoms with Crippen LogP contribution in [0.25, 0.3) is 0 Å². The molecule has 0 atom stereocenters. The lowest BCUT2D eigenvalue weighted by atomic mass is 9.92. The maximum Gasteiger partial charge on any atom is 0.249 e. The van der Waals surface area contributed by atoms with Crippen LogP contribution in [0, 0.1) is 0 Å². The van der Waals surface area contributed by atoms with E-state index >= 15 is 0 Å². The summed E-state index contributed by atoms with van der Waals surface area (Å²) < 4.78 is 27.5. The van der Waals surface area contributed by atoms with Crippen molar-refractivity contribution < 1.29 is 18.0 Å². The van der Waals surface area contributed by atoms with Gasteiger partial charge < -0.3 is 4.90 Å². The summed E-state index contributed by atoms with van der Waals surface area (Å²) in [5.74, 6) is -0.952. The van der Waals surface area contributed by atoms with Crippen LogP contribution < -0.4 is 0 Å². The summed E-state index contributed by atoms with van der Waals surface area (Å²) in [5, 5.41) is 0. The van der Waals surface area contributed by atoms with Gasteiger partial charge in [0, 0.05) is 37.3 Å². The van der Waals surface area contributed by atoms with Crippen LogP contribution in [0.4, 0.5) is 0 Å². The Kier molecular flexibility index (Phi) is 4.79. The second-order valence-corrected chi connectivity index (χ2v) is 8.04. The number of hydrogen-bond acceptors (Lipinski definition) is 5. The van der Waals surface area contributed by atoms with Crippen molar-refractivity contribution in [3.05, 3.63) is 46.0 Å². The van der Waals surface area contributed by atoms with Crippen LogP contribution >= 0.6 is 0 Å². The number of sulfonamides is 1. The van der Waals surface area contributed by atoms with Crippen LogP contribution in [-0.2, 0) is 10.0 Å². The number of fused-ring (bicyclic) bond motifs is 1. The molecule has 0 saturated carbocycles. The Bertz CT molecular complexity index is 848. The molecule has 2 aliphatic rings. The van der Waals surface area contributed by atoms with Gasteiger partial charge in [0.2, 0.25) is 21.6 Å². The van der Waals surface area contributed by atoms with E-state index in [1.54, 1.807) is 36.9 Å². The maximum absolute atomic E-state index is 13.1. The smallest absolute Gasteiger partial charge is 0.249 e. The predicted molar refractivity (Wildman–Crippen MR) is 94.8 cm³/mol. The molecule has 7 heteroatoms. The van der Waals surface area contributed by atoms with Crippen LogP contribution in [0.15, 0.2) is 34.9 Å². The summed E-state index contributed by atoms with van der Waals surface area (Å²) >= 11 is 0. The normalized spacial score (nSPS) is 18.3. The van der Waals surface area contributed by atoms with Gasteiger partial charge in [-0.15, -0.1) is 0 Å². The van der Waals surface area contributed by atoms with Crippen molar-refractivity contribution >= 4 is 21.6 Å². The number of Topliss-reactive ketones (excluding diaryl/α,β-unsaturated/α-hetero) is 2. The van der Waals surface area contributed by atoms with Crippen LogP contribution in [-0.4, -0.2) is 55.4 Å². The number of carbonyl (C=O) groups excluding carboxylic acids is 2. The summed E-state index contributed by atoms with van der Waals surface area (Å²) in [6.07, 6.45) is 1.76. The van der Waals surface area contributed by atoms with Gasteiger partial charge in [0.1, 0.15) is 5.70 Å². The Morgan fingerprint density at radius 1 is 0.960 bits per heavy atom. The van der Waals surface area contributed by atoms with Gasteiger partial charge in [0.15, 0.2) is 4.91 Å². The molecule has 1 aliphatic carbocycles. The summed E-state index contributed by atoms with van der Waals surface area (Å²) in [6, 6.07) is 6.45. The zero-order chi connectivity index (χ0) is 18.2. The van der Waals surface area contributed by atoms with Crippen molar-refractivity contribution in [2.75, 3.05) is 26.2 Å². The molecule has 0 spiro atoms. The van der Waals surface area contributed by atoms with Gasteiger partial charge in [-0.25, -0.2) is 8.42 Å². The molecule has 0 unspecified atom stereocenters. The van der Waals surface area contributed by atoms with E-state index in [-0.39, 0.29) is 40.6 Å². The van der Waals surface area contributed by atoms with Crippen molar-refractivity contribution in [2.24, 2.45) is 0 Å². The molecule has 134 valence electrons. The van der Waals surface area contributed by atoms with Crippen molar-refractivity contribution in [1.29, 1.82) is 0 Å². The largest absolute Gasteiger partial charge is 0.367 e. The van der Waals surface area contributed by atoms with E-state index in [0.29, 0.717) is 13.1 Å². The molecule has 1 aromatic carbocycles. The number of rotatable bonds is 5. The molecule has 0 N–H and O–H groups in total. The molecule has 3 rings (SSSR count). The van der Waals surface area contributed by atoms with Crippen molar-refractivity contribution in [2.45, 2.75) is 26.7 Å². The summed E-state index contributed by atoms with van der Waals surface area (Å²) in [6.45, 7) is 5.12. The van der Waals surface area contributed by atoms with E-state index in [0.717, 1.165) is 12.8 Å². The third kappa shape index (κ3) is 2.81. The number of carbonyl (C=O) groups is 2. The third-order valence-electron chi connectivity index (χ3n) is 4.78. The minimum atomic E-state index is -4.03. The molecule has 25 heavy (non-hydrogen) atoms. The maximum atomic E-state index is 13.1. The lowest BCUT2D eigenvalue weighted by Gasteiger charge is -2.30. The molecule has 1 heterocycles. The van der Waals surface area contributed by atoms with E-state index in [1.165, 1.54) is 10.4 Å². The highest BCUT2D eigenvalue weighted by Gasteiger charge is 2.43. The first-order valence-corrected chi connectivity index (χ1v) is 10.0. The first-order valence-electron chi connectivity index (χ1n) is 8.61. The van der Waals surface area contributed by atoms with Gasteiger partial charge in [-0.05, 0) is 12.8 Å². The van der Waals surface area contributed by atoms with E-state index in [4.69, 9.17) is 0 Å². The fourth-order valence-corrected chi connectivity index (χ4v) is 5.25. The lowest BCUT2D eigenvalue weighted by Crippen LogP contribution is -2.40. The Morgan fingerprint density at radius 2 is 1.48 bits per heavy atom. The lowest BCUT2D eigenvalue weighted by molar-refractivity contribution is 0.0952. The molecule has 1 fully saturated rings. The first kappa shape index (κ1) is 17.8. The summed E-state index contributed by atoms with van der Waals surface area (Å²) in [7, 11) is -4.03. The number of hydrogen-bond donors (Lipinski definition) is 0. The van der Waals surface area contributed by atoms with E-state index in [9.17, 15) is 18.0 Å². The van der Waals surface area contributed by atoms with Gasteiger partial charge in [0.05, 0.1) is 0 Å². The Labute approximate surface area is 148 Å². The van der Waals surface area contributed by atoms with Crippen molar-refractivity contribution in [1.82, 2.24) is 9.21 Å². The quantitative estimate of drug-likeness (QED) is 0.801. The Hall–Kier alpha value is -1.99. The van der Waals surface area contributed by atoms with Gasteiger partial charge in [-0.3, -0.25) is 9.59 Å². The minimum Gasteiger partial charge on any atom is -0.367 e. The highest BCUT2D eigenvalue weighted by atomic mass is 32.2. The highest BCUT2D eigenvalue weighted by molar-refractivity contribution is 7.94. The molecule has 6 nitrogen and oxygen atoms in total. The van der Waals surface area contributed by atoms with Crippen LogP contribution in [0.2, 0.25) is 0 Å². The van der Waals surface area contributed by atoms with Crippen LogP contribution in [0.3, 0.4) is 0 Å². The third-order valence-corrected chi connectivity index (χ3v) is 6.87. The standard InChI is InChI=1S/C18H22N2O4S/c1-3-20(4-2)25(23,24)18-15(19-11-7-8-12-19)16(21)13-9-5-6-10-14(13)17(18)22/h5-6,9-10H,3-4,7-8,11-12H2,1-2H3. The summed E-state index contributed by atoms with van der Waals surface area (Å²) in [4.78, 5) is 27.5. The number of likely N-dealkylation sites (tertiary alicyclic amines) is 1. The molecule has 0 radical (unpaired) electrons. The fourth-order valence-electron chi connectivity index (χ4n) is 3.50. The second kappa shape index (κ2) is 6.72. The van der Waals surface area contributed by atoms with Gasteiger partial charge in [0.25, 0.3) is 0 Å². The van der Waals surface area contributed by atoms with Gasteiger partial charge in [-0.2, -0.15) is 4.31 Å². The molecule has 1 saturated heterocycles. The monoisotopic (exact) mass is 362 g/mol. The second-order valence-electron chi connectivity index (χ2n) is 6.17. The number of ketones is 2. The molecule has 1 aromatic rings. The SMILES string of the molecule is CCN(CC)S(=O)(=O)C1=C(N2CCCC2)C(=O)c2ccccc2C1=O. The van der Waals surface area contributed by atoms with Crippen molar-refractivity contribution in [3.63, 3.8) is 0 Å². The Balaban J connectivity index is 2.27. The zero-order valence-electron chi connectivity index (χ0n) is 14.5. The van der Waals surface area contributed by atoms with Crippen LogP contribution in [0.5, 0.6) is 0 Å². The molecule has 0 bridgehead atoms. The highest BCUT2D eigenvalue weighted by Crippen LogP contribution is 2.34. The van der Waals surface area contributed by atoms with Crippen LogP contribution in [0.1, 0.15) is 47.4 Å². The molecule has 1 aliphatic heterocycles. The topological polar surface area (TPSA) is 74.8 Å². The number of nitrogens with zero attached hydrogens (tertiary/aromatic N) is 2. The average molecular weight is 362 g/mol. The van der Waals surface area contributed by atoms with E-state index < -0.39 is 15.8 Å². The number of allylic oxidation sites excluding steroid dienone is 2. The first-order chi connectivity index (χ1) is 11.9. The minimum absolute atomic E-state index is 0.0492. The number of benzene rings is 1. The fraction of sp³-hybridized carbons (Fsp3) is 0.444. The van der Waals surface area contributed by atoms with Crippen molar-refractivity contribution in [3.8, 4) is 0 Å². The molecular formula is C18H22N2O4S. The average Bonchev–Trinajstić information content (AvgIpc) is 3.12. The Morgan fingerprint density at radius 3 is 2.00 bits per heavy atom. The summed E-state index contributed by atoms with van der Waals surface area (Å²) in [5.41, 5.74) is 0.502. The predicted octanol–water partition coefficient (Wildman–Crippen LogP) is 2.04. The zero-order valence-corrected chi connectivity index (χ0v) is 15.3.